The van der Waals surface area contributed by atoms with Crippen molar-refractivity contribution in [2.75, 3.05) is 6.61 Å². The van der Waals surface area contributed by atoms with Gasteiger partial charge in [-0.3, -0.25) is 14.5 Å². The molecule has 0 spiro atoms. The van der Waals surface area contributed by atoms with E-state index >= 15 is 0 Å². The van der Waals surface area contributed by atoms with Crippen LogP contribution in [0.15, 0.2) is 29.3 Å². The van der Waals surface area contributed by atoms with Crippen LogP contribution in [-0.4, -0.2) is 29.4 Å². The summed E-state index contributed by atoms with van der Waals surface area (Å²) in [5.74, 6) is 0.119. The van der Waals surface area contributed by atoms with E-state index in [9.17, 15) is 9.59 Å². The van der Waals surface area contributed by atoms with Gasteiger partial charge < -0.3 is 4.74 Å². The highest BCUT2D eigenvalue weighted by molar-refractivity contribution is 6.55. The Bertz CT molecular complexity index is 658. The molecular formula is C19H22ClNO3. The molecule has 24 heavy (non-hydrogen) atoms. The lowest BCUT2D eigenvalue weighted by atomic mass is 10.0. The summed E-state index contributed by atoms with van der Waals surface area (Å²) in [5, 5.41) is 0.0356. The van der Waals surface area contributed by atoms with Crippen LogP contribution in [0.4, 0.5) is 0 Å². The number of halogens is 1. The number of hydrogen-bond acceptors (Lipinski definition) is 3. The highest BCUT2D eigenvalue weighted by atomic mass is 35.5. The van der Waals surface area contributed by atoms with Crippen molar-refractivity contribution in [3.63, 3.8) is 0 Å². The van der Waals surface area contributed by atoms with Gasteiger partial charge in [-0.1, -0.05) is 49.4 Å². The molecule has 1 saturated carbocycles. The van der Waals surface area contributed by atoms with E-state index in [4.69, 9.17) is 16.3 Å². The Morgan fingerprint density at radius 3 is 2.25 bits per heavy atom. The molecule has 2 amide bonds. The molecule has 128 valence electrons. The Morgan fingerprint density at radius 1 is 1.04 bits per heavy atom. The van der Waals surface area contributed by atoms with Crippen LogP contribution < -0.4 is 4.74 Å². The van der Waals surface area contributed by atoms with Gasteiger partial charge in [0.15, 0.2) is 0 Å². The quantitative estimate of drug-likeness (QED) is 0.607. The van der Waals surface area contributed by atoms with Gasteiger partial charge in [0.05, 0.1) is 12.2 Å². The molecule has 3 rings (SSSR count). The van der Waals surface area contributed by atoms with E-state index in [1.807, 2.05) is 6.92 Å². The fourth-order valence-corrected chi connectivity index (χ4v) is 3.78. The minimum atomic E-state index is -0.350. The molecule has 1 fully saturated rings. The number of hydrogen-bond donors (Lipinski definition) is 0. The van der Waals surface area contributed by atoms with Crippen LogP contribution in [-0.2, 0) is 9.59 Å². The van der Waals surface area contributed by atoms with Crippen LogP contribution >= 0.6 is 11.6 Å². The van der Waals surface area contributed by atoms with Crippen LogP contribution in [0.1, 0.15) is 51.0 Å². The fraction of sp³-hybridized carbons (Fsp3) is 0.474. The number of amides is 2. The van der Waals surface area contributed by atoms with E-state index in [1.165, 1.54) is 17.7 Å². The van der Waals surface area contributed by atoms with Crippen molar-refractivity contribution in [1.29, 1.82) is 0 Å². The predicted molar refractivity (Wildman–Crippen MR) is 93.7 cm³/mol. The molecule has 1 heterocycles. The molecule has 0 unspecified atom stereocenters. The largest absolute Gasteiger partial charge is 0.494 e. The molecule has 5 heteroatoms. The van der Waals surface area contributed by atoms with E-state index in [0.717, 1.165) is 31.4 Å². The molecule has 0 atom stereocenters. The topological polar surface area (TPSA) is 46.6 Å². The molecule has 1 aliphatic carbocycles. The van der Waals surface area contributed by atoms with Crippen molar-refractivity contribution >= 4 is 29.0 Å². The first-order valence-electron chi connectivity index (χ1n) is 8.64. The first kappa shape index (κ1) is 17.0. The minimum absolute atomic E-state index is 0.0264. The Hall–Kier alpha value is -1.81. The molecule has 0 saturated heterocycles. The normalized spacial score (nSPS) is 19.8. The molecule has 0 bridgehead atoms. The highest BCUT2D eigenvalue weighted by Gasteiger charge is 2.41. The predicted octanol–water partition coefficient (Wildman–Crippen LogP) is 4.13. The average molecular weight is 348 g/mol. The molecule has 1 aromatic carbocycles. The van der Waals surface area contributed by atoms with Crippen LogP contribution in [0.2, 0.25) is 0 Å². The lowest BCUT2D eigenvalue weighted by Gasteiger charge is -2.25. The smallest absolute Gasteiger partial charge is 0.273 e. The molecule has 4 nitrogen and oxygen atoms in total. The van der Waals surface area contributed by atoms with Gasteiger partial charge >= 0.3 is 0 Å². The first-order chi connectivity index (χ1) is 11.6. The summed E-state index contributed by atoms with van der Waals surface area (Å²) in [6.45, 7) is 2.49. The third-order valence-electron chi connectivity index (χ3n) is 4.70. The third-order valence-corrected chi connectivity index (χ3v) is 5.05. The van der Waals surface area contributed by atoms with Gasteiger partial charge in [0.1, 0.15) is 10.8 Å². The maximum atomic E-state index is 12.9. The number of carbonyl (C=O) groups excluding carboxylic acids is 2. The van der Waals surface area contributed by atoms with Crippen LogP contribution in [0.3, 0.4) is 0 Å². The monoisotopic (exact) mass is 347 g/mol. The number of ether oxygens (including phenoxy) is 1. The summed E-state index contributed by atoms with van der Waals surface area (Å²) < 4.78 is 5.42. The zero-order valence-corrected chi connectivity index (χ0v) is 14.6. The van der Waals surface area contributed by atoms with Crippen LogP contribution in [0, 0.1) is 0 Å². The van der Waals surface area contributed by atoms with Crippen molar-refractivity contribution < 1.29 is 14.3 Å². The lowest BCUT2D eigenvalue weighted by molar-refractivity contribution is -0.139. The van der Waals surface area contributed by atoms with Gasteiger partial charge in [-0.25, -0.2) is 0 Å². The van der Waals surface area contributed by atoms with Crippen molar-refractivity contribution in [1.82, 2.24) is 4.90 Å². The highest BCUT2D eigenvalue weighted by Crippen LogP contribution is 2.36. The van der Waals surface area contributed by atoms with Gasteiger partial charge in [-0.05, 0) is 37.5 Å². The van der Waals surface area contributed by atoms with E-state index in [1.54, 1.807) is 24.3 Å². The molecule has 1 aromatic rings. The Morgan fingerprint density at radius 2 is 1.67 bits per heavy atom. The summed E-state index contributed by atoms with van der Waals surface area (Å²) in [7, 11) is 0. The number of rotatable bonds is 4. The Labute approximate surface area is 147 Å². The standard InChI is InChI=1S/C19H22ClNO3/c1-2-24-15-11-9-13(10-12-15)16-17(20)19(23)21(18(16)22)14-7-5-3-4-6-8-14/h9-12,14H,2-8H2,1H3. The van der Waals surface area contributed by atoms with Crippen molar-refractivity contribution in [2.24, 2.45) is 0 Å². The van der Waals surface area contributed by atoms with Gasteiger partial charge in [0, 0.05) is 6.04 Å². The zero-order valence-electron chi connectivity index (χ0n) is 13.9. The number of nitrogens with zero attached hydrogens (tertiary/aromatic N) is 1. The lowest BCUT2D eigenvalue weighted by Crippen LogP contribution is -2.40. The van der Waals surface area contributed by atoms with E-state index in [-0.39, 0.29) is 22.9 Å². The van der Waals surface area contributed by atoms with E-state index in [0.29, 0.717) is 17.7 Å². The van der Waals surface area contributed by atoms with Crippen LogP contribution in [0.5, 0.6) is 5.75 Å². The summed E-state index contributed by atoms with van der Waals surface area (Å²) in [4.78, 5) is 26.8. The summed E-state index contributed by atoms with van der Waals surface area (Å²) in [6.07, 6.45) is 6.19. The molecule has 0 radical (unpaired) electrons. The molecule has 0 aromatic heterocycles. The van der Waals surface area contributed by atoms with Gasteiger partial charge in [0.25, 0.3) is 11.8 Å². The second-order valence-electron chi connectivity index (χ2n) is 6.27. The summed E-state index contributed by atoms with van der Waals surface area (Å²) in [5.41, 5.74) is 0.979. The maximum Gasteiger partial charge on any atom is 0.273 e. The van der Waals surface area contributed by atoms with Gasteiger partial charge in [-0.15, -0.1) is 0 Å². The second kappa shape index (κ2) is 7.39. The first-order valence-corrected chi connectivity index (χ1v) is 9.02. The van der Waals surface area contributed by atoms with Crippen molar-refractivity contribution in [3.05, 3.63) is 34.9 Å². The van der Waals surface area contributed by atoms with E-state index in [2.05, 4.69) is 0 Å². The van der Waals surface area contributed by atoms with Crippen molar-refractivity contribution in [2.45, 2.75) is 51.5 Å². The van der Waals surface area contributed by atoms with E-state index < -0.39 is 0 Å². The summed E-state index contributed by atoms with van der Waals surface area (Å²) >= 11 is 6.25. The SMILES string of the molecule is CCOc1ccc(C2=C(Cl)C(=O)N(C3CCCCCC3)C2=O)cc1. The second-order valence-corrected chi connectivity index (χ2v) is 6.65. The third kappa shape index (κ3) is 3.20. The Balaban J connectivity index is 1.85. The average Bonchev–Trinajstić information content (AvgIpc) is 2.78. The number of imide groups is 1. The molecular weight excluding hydrogens is 326 g/mol. The zero-order chi connectivity index (χ0) is 17.1. The molecule has 2 aliphatic rings. The molecule has 0 N–H and O–H groups in total. The van der Waals surface area contributed by atoms with Gasteiger partial charge in [-0.2, -0.15) is 0 Å². The Kier molecular flexibility index (Phi) is 5.24. The summed E-state index contributed by atoms with van der Waals surface area (Å²) in [6, 6.07) is 7.13. The minimum Gasteiger partial charge on any atom is -0.494 e. The van der Waals surface area contributed by atoms with Gasteiger partial charge in [0.2, 0.25) is 0 Å². The number of carbonyl (C=O) groups is 2. The maximum absolute atomic E-state index is 12.9. The van der Waals surface area contributed by atoms with Crippen LogP contribution in [0.25, 0.3) is 5.57 Å². The molecule has 1 aliphatic heterocycles. The number of benzene rings is 1. The fourth-order valence-electron chi connectivity index (χ4n) is 3.50. The van der Waals surface area contributed by atoms with Crippen molar-refractivity contribution in [3.8, 4) is 5.75 Å².